The summed E-state index contributed by atoms with van der Waals surface area (Å²) < 4.78 is 3.15. The van der Waals surface area contributed by atoms with Crippen LogP contribution in [0.5, 0.6) is 0 Å². The van der Waals surface area contributed by atoms with Crippen LogP contribution >= 0.6 is 0 Å². The second-order valence-electron chi connectivity index (χ2n) is 7.44. The number of benzene rings is 3. The summed E-state index contributed by atoms with van der Waals surface area (Å²) in [6, 6.07) is 22.4. The fourth-order valence-electron chi connectivity index (χ4n) is 3.99. The molecule has 0 aliphatic carbocycles. The van der Waals surface area contributed by atoms with Gasteiger partial charge in [0.1, 0.15) is 5.69 Å². The molecule has 5 aromatic rings. The first-order valence-corrected chi connectivity index (χ1v) is 9.84. The Morgan fingerprint density at radius 3 is 2.55 bits per heavy atom. The molecule has 3 heterocycles. The van der Waals surface area contributed by atoms with E-state index in [-0.39, 0.29) is 17.2 Å². The topological polar surface area (TPSA) is 82.7 Å². The largest absolute Gasteiger partial charge is 0.285 e. The fourth-order valence-corrected chi connectivity index (χ4v) is 3.99. The number of ketones is 1. The van der Waals surface area contributed by atoms with E-state index in [4.69, 9.17) is 0 Å². The molecule has 148 valence electrons. The van der Waals surface area contributed by atoms with Crippen LogP contribution in [0, 0.1) is 0 Å². The first-order valence-electron chi connectivity index (χ1n) is 9.84. The Kier molecular flexibility index (Phi) is 3.70. The van der Waals surface area contributed by atoms with Gasteiger partial charge in [0, 0.05) is 5.56 Å². The molecule has 0 fully saturated rings. The lowest BCUT2D eigenvalue weighted by Gasteiger charge is -2.07. The van der Waals surface area contributed by atoms with Gasteiger partial charge in [0.2, 0.25) is 5.78 Å². The van der Waals surface area contributed by atoms with Crippen molar-refractivity contribution in [2.75, 3.05) is 0 Å². The predicted octanol–water partition coefficient (Wildman–Crippen LogP) is 3.24. The molecule has 31 heavy (non-hydrogen) atoms. The van der Waals surface area contributed by atoms with E-state index in [0.29, 0.717) is 28.7 Å². The van der Waals surface area contributed by atoms with Crippen LogP contribution in [-0.4, -0.2) is 30.3 Å². The van der Waals surface area contributed by atoms with Crippen molar-refractivity contribution in [2.45, 2.75) is 6.54 Å². The lowest BCUT2D eigenvalue weighted by molar-refractivity contribution is 0.103. The molecule has 0 spiro atoms. The normalized spacial score (nSPS) is 12.2. The lowest BCUT2D eigenvalue weighted by atomic mass is 10.1. The van der Waals surface area contributed by atoms with E-state index >= 15 is 0 Å². The third-order valence-electron chi connectivity index (χ3n) is 5.48. The molecule has 0 N–H and O–H groups in total. The van der Waals surface area contributed by atoms with E-state index in [1.165, 1.54) is 4.57 Å². The highest BCUT2D eigenvalue weighted by Gasteiger charge is 2.29. The molecule has 6 rings (SSSR count). The summed E-state index contributed by atoms with van der Waals surface area (Å²) in [6.07, 6.45) is 1.88. The van der Waals surface area contributed by atoms with Gasteiger partial charge in [-0.3, -0.25) is 14.2 Å². The minimum absolute atomic E-state index is 0.162. The average molecular weight is 405 g/mol. The zero-order valence-corrected chi connectivity index (χ0v) is 16.3. The standard InChI is InChI=1S/C24H15N5O2/c30-22-17-8-4-5-9-21(17)29-23(22)25-19-11-10-15(12-18(19)24(29)31)13-28-14-20(26-27-28)16-6-2-1-3-7-16/h1-12,14H,13H2. The van der Waals surface area contributed by atoms with E-state index in [1.54, 1.807) is 28.9 Å². The highest BCUT2D eigenvalue weighted by molar-refractivity contribution is 6.13. The molecule has 0 unspecified atom stereocenters. The van der Waals surface area contributed by atoms with Crippen LogP contribution in [0.2, 0.25) is 0 Å². The Hall–Kier alpha value is -4.39. The monoisotopic (exact) mass is 405 g/mol. The summed E-state index contributed by atoms with van der Waals surface area (Å²) >= 11 is 0. The van der Waals surface area contributed by atoms with Crippen molar-refractivity contribution in [2.24, 2.45) is 0 Å². The van der Waals surface area contributed by atoms with Crippen LogP contribution in [0.1, 0.15) is 21.7 Å². The average Bonchev–Trinajstić information content (AvgIpc) is 3.38. The minimum Gasteiger partial charge on any atom is -0.285 e. The maximum atomic E-state index is 13.3. The number of carbonyl (C=O) groups excluding carboxylic acids is 1. The Bertz CT molecular complexity index is 1550. The van der Waals surface area contributed by atoms with E-state index in [9.17, 15) is 9.59 Å². The van der Waals surface area contributed by atoms with Crippen molar-refractivity contribution < 1.29 is 4.79 Å². The smallest absolute Gasteiger partial charge is 0.266 e. The van der Waals surface area contributed by atoms with Crippen molar-refractivity contribution in [3.8, 4) is 16.9 Å². The molecule has 7 nitrogen and oxygen atoms in total. The van der Waals surface area contributed by atoms with Gasteiger partial charge in [-0.25, -0.2) is 9.67 Å². The first kappa shape index (κ1) is 17.5. The van der Waals surface area contributed by atoms with Crippen LogP contribution in [0.4, 0.5) is 0 Å². The fraction of sp³-hybridized carbons (Fsp3) is 0.0417. The van der Waals surface area contributed by atoms with Crippen LogP contribution in [-0.2, 0) is 6.54 Å². The summed E-state index contributed by atoms with van der Waals surface area (Å²) in [5.41, 5.74) is 4.02. The molecule has 0 bridgehead atoms. The van der Waals surface area contributed by atoms with Gasteiger partial charge in [-0.1, -0.05) is 53.7 Å². The lowest BCUT2D eigenvalue weighted by Crippen LogP contribution is -2.21. The highest BCUT2D eigenvalue weighted by atomic mass is 16.1. The SMILES string of the molecule is O=C1c2ccccc2-n2c1nc1ccc(Cn3cc(-c4ccccc4)nn3)cc1c2=O. The van der Waals surface area contributed by atoms with Gasteiger partial charge in [-0.15, -0.1) is 5.10 Å². The van der Waals surface area contributed by atoms with Crippen molar-refractivity contribution in [1.82, 2.24) is 24.5 Å². The molecule has 0 saturated carbocycles. The zero-order chi connectivity index (χ0) is 20.9. The maximum Gasteiger partial charge on any atom is 0.266 e. The molecule has 0 saturated heterocycles. The van der Waals surface area contributed by atoms with Crippen LogP contribution in [0.25, 0.3) is 27.8 Å². The Balaban J connectivity index is 1.41. The molecule has 0 atom stereocenters. The van der Waals surface area contributed by atoms with Gasteiger partial charge in [0.15, 0.2) is 5.82 Å². The second kappa shape index (κ2) is 6.56. The van der Waals surface area contributed by atoms with Gasteiger partial charge in [0.25, 0.3) is 5.56 Å². The number of carbonyl (C=O) groups is 1. The molecule has 1 aliphatic rings. The molecular weight excluding hydrogens is 390 g/mol. The number of fused-ring (bicyclic) bond motifs is 4. The summed E-state index contributed by atoms with van der Waals surface area (Å²) in [5.74, 6) is -0.0648. The van der Waals surface area contributed by atoms with Gasteiger partial charge in [-0.05, 0) is 29.8 Å². The number of hydrogen-bond donors (Lipinski definition) is 0. The van der Waals surface area contributed by atoms with Gasteiger partial charge < -0.3 is 0 Å². The number of hydrogen-bond acceptors (Lipinski definition) is 5. The number of aromatic nitrogens is 5. The zero-order valence-electron chi connectivity index (χ0n) is 16.3. The molecule has 3 aromatic carbocycles. The van der Waals surface area contributed by atoms with Gasteiger partial charge >= 0.3 is 0 Å². The van der Waals surface area contributed by atoms with Crippen LogP contribution in [0.15, 0.2) is 83.8 Å². The number of nitrogens with zero attached hydrogens (tertiary/aromatic N) is 5. The molecule has 2 aromatic heterocycles. The van der Waals surface area contributed by atoms with E-state index in [2.05, 4.69) is 15.3 Å². The summed E-state index contributed by atoms with van der Waals surface area (Å²) in [4.78, 5) is 30.4. The number of rotatable bonds is 3. The highest BCUT2D eigenvalue weighted by Crippen LogP contribution is 2.26. The van der Waals surface area contributed by atoms with Crippen molar-refractivity contribution in [3.05, 3.63) is 106 Å². The van der Waals surface area contributed by atoms with Crippen LogP contribution in [0.3, 0.4) is 0 Å². The quantitative estimate of drug-likeness (QED) is 0.451. The van der Waals surface area contributed by atoms with E-state index < -0.39 is 0 Å². The Morgan fingerprint density at radius 2 is 1.68 bits per heavy atom. The second-order valence-corrected chi connectivity index (χ2v) is 7.44. The Labute approximate surface area is 176 Å². The summed E-state index contributed by atoms with van der Waals surface area (Å²) in [6.45, 7) is 0.465. The molecule has 0 amide bonds. The third-order valence-corrected chi connectivity index (χ3v) is 5.48. The minimum atomic E-state index is -0.247. The van der Waals surface area contributed by atoms with E-state index in [0.717, 1.165) is 16.8 Å². The third kappa shape index (κ3) is 2.71. The number of para-hydroxylation sites is 1. The predicted molar refractivity (Wildman–Crippen MR) is 115 cm³/mol. The van der Waals surface area contributed by atoms with Crippen molar-refractivity contribution in [1.29, 1.82) is 0 Å². The molecule has 7 heteroatoms. The first-order chi connectivity index (χ1) is 15.2. The van der Waals surface area contributed by atoms with Crippen molar-refractivity contribution >= 4 is 16.7 Å². The summed E-state index contributed by atoms with van der Waals surface area (Å²) in [7, 11) is 0. The van der Waals surface area contributed by atoms with Crippen LogP contribution < -0.4 is 5.56 Å². The molecular formula is C24H15N5O2. The summed E-state index contributed by atoms with van der Waals surface area (Å²) in [5, 5.41) is 8.92. The van der Waals surface area contributed by atoms with Crippen molar-refractivity contribution in [3.63, 3.8) is 0 Å². The van der Waals surface area contributed by atoms with Gasteiger partial charge in [0.05, 0.1) is 34.9 Å². The van der Waals surface area contributed by atoms with Gasteiger partial charge in [-0.2, -0.15) is 0 Å². The maximum absolute atomic E-state index is 13.3. The Morgan fingerprint density at radius 1 is 0.871 bits per heavy atom. The van der Waals surface area contributed by atoms with E-state index in [1.807, 2.05) is 54.7 Å². The molecule has 1 aliphatic heterocycles. The molecule has 0 radical (unpaired) electrons.